The van der Waals surface area contributed by atoms with Gasteiger partial charge in [-0.25, -0.2) is 0 Å². The van der Waals surface area contributed by atoms with E-state index in [0.717, 1.165) is 12.8 Å². The highest BCUT2D eigenvalue weighted by Crippen LogP contribution is 2.32. The second-order valence-corrected chi connectivity index (χ2v) is 6.71. The maximum Gasteiger partial charge on any atom is 0.256 e. The van der Waals surface area contributed by atoms with E-state index in [1.807, 2.05) is 24.3 Å². The SMILES string of the molecule is COc1ccccc1C(=O)NCOC1CC(=O)CCCC1c1ccccc1. The fourth-order valence-corrected chi connectivity index (χ4v) is 3.57. The molecule has 2 unspecified atom stereocenters. The van der Waals surface area contributed by atoms with E-state index in [-0.39, 0.29) is 30.4 Å². The van der Waals surface area contributed by atoms with Crippen LogP contribution in [-0.2, 0) is 9.53 Å². The number of amides is 1. The first-order valence-corrected chi connectivity index (χ1v) is 9.28. The Bertz CT molecular complexity index is 775. The standard InChI is InChI=1S/C22H25NO4/c1-26-20-13-6-5-11-19(20)22(25)23-15-27-21-14-17(24)10-7-12-18(21)16-8-3-2-4-9-16/h2-6,8-9,11,13,18,21H,7,10,12,14-15H2,1H3,(H,23,25). The van der Waals surface area contributed by atoms with Gasteiger partial charge in [-0.1, -0.05) is 42.5 Å². The minimum Gasteiger partial charge on any atom is -0.496 e. The number of Topliss-reactive ketones (excluding diaryl/α,β-unsaturated/α-hetero) is 1. The van der Waals surface area contributed by atoms with Crippen molar-refractivity contribution < 1.29 is 19.1 Å². The number of ketones is 1. The van der Waals surface area contributed by atoms with Gasteiger partial charge in [-0.2, -0.15) is 0 Å². The summed E-state index contributed by atoms with van der Waals surface area (Å²) in [6.07, 6.45) is 2.51. The summed E-state index contributed by atoms with van der Waals surface area (Å²) in [6.45, 7) is 0.0537. The van der Waals surface area contributed by atoms with Gasteiger partial charge in [0.05, 0.1) is 18.8 Å². The summed E-state index contributed by atoms with van der Waals surface area (Å²) in [7, 11) is 1.53. The summed E-state index contributed by atoms with van der Waals surface area (Å²) in [5.41, 5.74) is 1.63. The van der Waals surface area contributed by atoms with Gasteiger partial charge >= 0.3 is 0 Å². The Morgan fingerprint density at radius 1 is 1.11 bits per heavy atom. The van der Waals surface area contributed by atoms with Crippen LogP contribution in [-0.4, -0.2) is 31.6 Å². The quantitative estimate of drug-likeness (QED) is 0.625. The monoisotopic (exact) mass is 367 g/mol. The van der Waals surface area contributed by atoms with Crippen molar-refractivity contribution in [1.82, 2.24) is 5.32 Å². The number of carbonyl (C=O) groups is 2. The Hall–Kier alpha value is -2.66. The number of nitrogens with one attached hydrogen (secondary N) is 1. The van der Waals surface area contributed by atoms with Crippen molar-refractivity contribution in [2.75, 3.05) is 13.8 Å². The van der Waals surface area contributed by atoms with Gasteiger partial charge in [-0.15, -0.1) is 0 Å². The minimum absolute atomic E-state index is 0.0537. The molecule has 2 aromatic rings. The average molecular weight is 367 g/mol. The molecular formula is C22H25NO4. The van der Waals surface area contributed by atoms with Gasteiger partial charge in [0, 0.05) is 18.8 Å². The maximum absolute atomic E-state index is 12.4. The number of para-hydroxylation sites is 1. The number of benzene rings is 2. The van der Waals surface area contributed by atoms with E-state index in [9.17, 15) is 9.59 Å². The second-order valence-electron chi connectivity index (χ2n) is 6.71. The number of hydrogen-bond acceptors (Lipinski definition) is 4. The highest BCUT2D eigenvalue weighted by molar-refractivity contribution is 5.96. The largest absolute Gasteiger partial charge is 0.496 e. The highest BCUT2D eigenvalue weighted by atomic mass is 16.5. The average Bonchev–Trinajstić information content (AvgIpc) is 2.89. The van der Waals surface area contributed by atoms with Crippen molar-refractivity contribution in [3.63, 3.8) is 0 Å². The Morgan fingerprint density at radius 3 is 2.63 bits per heavy atom. The van der Waals surface area contributed by atoms with Crippen LogP contribution in [0.15, 0.2) is 54.6 Å². The van der Waals surface area contributed by atoms with E-state index in [4.69, 9.17) is 9.47 Å². The first-order valence-electron chi connectivity index (χ1n) is 9.28. The van der Waals surface area contributed by atoms with Crippen LogP contribution < -0.4 is 10.1 Å². The van der Waals surface area contributed by atoms with Gasteiger partial charge in [-0.3, -0.25) is 9.59 Å². The molecule has 0 saturated heterocycles. The Kier molecular flexibility index (Phi) is 6.60. The van der Waals surface area contributed by atoms with Crippen LogP contribution in [0.3, 0.4) is 0 Å². The van der Waals surface area contributed by atoms with E-state index in [1.165, 1.54) is 12.7 Å². The molecule has 0 heterocycles. The molecule has 5 nitrogen and oxygen atoms in total. The van der Waals surface area contributed by atoms with E-state index < -0.39 is 0 Å². The summed E-state index contributed by atoms with van der Waals surface area (Å²) < 4.78 is 11.2. The molecule has 2 aromatic carbocycles. The lowest BCUT2D eigenvalue weighted by Gasteiger charge is -2.25. The molecule has 0 radical (unpaired) electrons. The number of ether oxygens (including phenoxy) is 2. The molecule has 142 valence electrons. The molecule has 1 fully saturated rings. The lowest BCUT2D eigenvalue weighted by atomic mass is 9.89. The summed E-state index contributed by atoms with van der Waals surface area (Å²) in [5.74, 6) is 0.626. The molecular weight excluding hydrogens is 342 g/mol. The van der Waals surface area contributed by atoms with Crippen LogP contribution in [0.2, 0.25) is 0 Å². The van der Waals surface area contributed by atoms with Gasteiger partial charge < -0.3 is 14.8 Å². The second kappa shape index (κ2) is 9.33. The fraction of sp³-hybridized carbons (Fsp3) is 0.364. The van der Waals surface area contributed by atoms with Crippen LogP contribution in [0, 0.1) is 0 Å². The van der Waals surface area contributed by atoms with E-state index in [0.29, 0.717) is 24.2 Å². The molecule has 0 aromatic heterocycles. The molecule has 0 spiro atoms. The first-order chi connectivity index (χ1) is 13.2. The minimum atomic E-state index is -0.261. The van der Waals surface area contributed by atoms with Crippen molar-refractivity contribution in [2.45, 2.75) is 37.7 Å². The summed E-state index contributed by atoms with van der Waals surface area (Å²) >= 11 is 0. The van der Waals surface area contributed by atoms with Crippen molar-refractivity contribution in [1.29, 1.82) is 0 Å². The van der Waals surface area contributed by atoms with Crippen LogP contribution in [0.5, 0.6) is 5.75 Å². The van der Waals surface area contributed by atoms with Crippen molar-refractivity contribution in [2.24, 2.45) is 0 Å². The molecule has 0 aliphatic heterocycles. The molecule has 1 amide bonds. The van der Waals surface area contributed by atoms with Crippen LogP contribution in [0.1, 0.15) is 47.5 Å². The Labute approximate surface area is 159 Å². The molecule has 1 aliphatic carbocycles. The van der Waals surface area contributed by atoms with Gasteiger partial charge in [0.25, 0.3) is 5.91 Å². The number of rotatable bonds is 6. The smallest absolute Gasteiger partial charge is 0.256 e. The molecule has 1 saturated carbocycles. The van der Waals surface area contributed by atoms with E-state index >= 15 is 0 Å². The number of methoxy groups -OCH3 is 1. The predicted molar refractivity (Wildman–Crippen MR) is 103 cm³/mol. The third kappa shape index (κ3) is 4.95. The van der Waals surface area contributed by atoms with Crippen molar-refractivity contribution in [3.8, 4) is 5.75 Å². The van der Waals surface area contributed by atoms with Gasteiger partial charge in [0.1, 0.15) is 18.3 Å². The summed E-state index contributed by atoms with van der Waals surface area (Å²) in [6, 6.07) is 17.2. The lowest BCUT2D eigenvalue weighted by Crippen LogP contribution is -2.32. The van der Waals surface area contributed by atoms with E-state index in [1.54, 1.807) is 18.2 Å². The first kappa shape index (κ1) is 19.1. The Morgan fingerprint density at radius 2 is 1.85 bits per heavy atom. The third-order valence-electron chi connectivity index (χ3n) is 4.96. The van der Waals surface area contributed by atoms with E-state index in [2.05, 4.69) is 17.4 Å². The van der Waals surface area contributed by atoms with Crippen LogP contribution in [0.25, 0.3) is 0 Å². The van der Waals surface area contributed by atoms with Gasteiger partial charge in [0.15, 0.2) is 0 Å². The summed E-state index contributed by atoms with van der Waals surface area (Å²) in [5, 5.41) is 2.78. The third-order valence-corrected chi connectivity index (χ3v) is 4.96. The van der Waals surface area contributed by atoms with Crippen LogP contribution in [0.4, 0.5) is 0 Å². The fourth-order valence-electron chi connectivity index (χ4n) is 3.57. The zero-order valence-corrected chi connectivity index (χ0v) is 15.5. The van der Waals surface area contributed by atoms with Crippen molar-refractivity contribution in [3.05, 3.63) is 65.7 Å². The predicted octanol–water partition coefficient (Wildman–Crippen LogP) is 3.69. The molecule has 0 bridgehead atoms. The molecule has 5 heteroatoms. The molecule has 27 heavy (non-hydrogen) atoms. The highest BCUT2D eigenvalue weighted by Gasteiger charge is 2.29. The van der Waals surface area contributed by atoms with Crippen molar-refractivity contribution >= 4 is 11.7 Å². The molecule has 3 rings (SSSR count). The molecule has 1 aliphatic rings. The zero-order chi connectivity index (χ0) is 19.1. The zero-order valence-electron chi connectivity index (χ0n) is 15.5. The summed E-state index contributed by atoms with van der Waals surface area (Å²) in [4.78, 5) is 24.5. The lowest BCUT2D eigenvalue weighted by molar-refractivity contribution is -0.121. The van der Waals surface area contributed by atoms with Gasteiger partial charge in [-0.05, 0) is 30.5 Å². The van der Waals surface area contributed by atoms with Gasteiger partial charge in [0.2, 0.25) is 0 Å². The normalized spacial score (nSPS) is 20.0. The maximum atomic E-state index is 12.4. The van der Waals surface area contributed by atoms with Crippen LogP contribution >= 0.6 is 0 Å². The number of carbonyl (C=O) groups excluding carboxylic acids is 2. The topological polar surface area (TPSA) is 64.6 Å². The number of hydrogen-bond donors (Lipinski definition) is 1. The Balaban J connectivity index is 1.65. The molecule has 1 N–H and O–H groups in total. The molecule has 2 atom stereocenters.